The lowest BCUT2D eigenvalue weighted by Crippen LogP contribution is -2.07. The van der Waals surface area contributed by atoms with Gasteiger partial charge in [-0.05, 0) is 38.5 Å². The molecule has 0 aromatic carbocycles. The second-order valence-electron chi connectivity index (χ2n) is 4.09. The second kappa shape index (κ2) is 5.07. The lowest BCUT2D eigenvalue weighted by Gasteiger charge is -2.15. The van der Waals surface area contributed by atoms with Crippen LogP contribution < -0.4 is 5.32 Å². The van der Waals surface area contributed by atoms with Crippen LogP contribution in [0.2, 0.25) is 5.02 Å². The van der Waals surface area contributed by atoms with Gasteiger partial charge in [0.2, 0.25) is 0 Å². The van der Waals surface area contributed by atoms with Crippen LogP contribution in [0.15, 0.2) is 24.5 Å². The molecule has 4 heteroatoms. The van der Waals surface area contributed by atoms with E-state index in [9.17, 15) is 0 Å². The molecule has 0 aliphatic rings. The van der Waals surface area contributed by atoms with Crippen LogP contribution in [0.3, 0.4) is 0 Å². The van der Waals surface area contributed by atoms with Gasteiger partial charge in [0, 0.05) is 22.0 Å². The van der Waals surface area contributed by atoms with Gasteiger partial charge in [0.15, 0.2) is 0 Å². The molecule has 0 spiro atoms. The van der Waals surface area contributed by atoms with Gasteiger partial charge in [0.25, 0.3) is 0 Å². The van der Waals surface area contributed by atoms with Crippen molar-refractivity contribution >= 4 is 28.6 Å². The van der Waals surface area contributed by atoms with E-state index in [4.69, 9.17) is 11.6 Å². The van der Waals surface area contributed by atoms with Gasteiger partial charge in [-0.15, -0.1) is 11.3 Å². The van der Waals surface area contributed by atoms with Crippen LogP contribution >= 0.6 is 22.9 Å². The summed E-state index contributed by atoms with van der Waals surface area (Å²) in [6.45, 7) is 6.42. The summed E-state index contributed by atoms with van der Waals surface area (Å²) < 4.78 is 0. The van der Waals surface area contributed by atoms with Crippen LogP contribution in [0.5, 0.6) is 0 Å². The first-order chi connectivity index (χ1) is 8.08. The monoisotopic (exact) mass is 266 g/mol. The number of rotatable bonds is 3. The summed E-state index contributed by atoms with van der Waals surface area (Å²) in [4.78, 5) is 6.76. The molecule has 2 aromatic heterocycles. The summed E-state index contributed by atoms with van der Waals surface area (Å²) in [7, 11) is 0. The molecule has 2 rings (SSSR count). The molecule has 0 saturated carbocycles. The van der Waals surface area contributed by atoms with Crippen molar-refractivity contribution in [2.24, 2.45) is 0 Å². The van der Waals surface area contributed by atoms with Gasteiger partial charge in [-0.3, -0.25) is 4.98 Å². The number of hydrogen-bond acceptors (Lipinski definition) is 3. The van der Waals surface area contributed by atoms with Gasteiger partial charge in [0.05, 0.1) is 16.9 Å². The number of pyridine rings is 1. The molecule has 1 unspecified atom stereocenters. The molecule has 0 aliphatic heterocycles. The Morgan fingerprint density at radius 3 is 2.76 bits per heavy atom. The Labute approximate surface area is 111 Å². The van der Waals surface area contributed by atoms with E-state index in [-0.39, 0.29) is 6.04 Å². The Kier molecular flexibility index (Phi) is 3.69. The SMILES string of the molecule is Cc1cc(C(C)Nc2cnccc2Cl)c(C)s1. The van der Waals surface area contributed by atoms with Crippen LogP contribution in [0, 0.1) is 13.8 Å². The number of aryl methyl sites for hydroxylation is 2. The lowest BCUT2D eigenvalue weighted by molar-refractivity contribution is 0.880. The molecule has 0 saturated heterocycles. The minimum absolute atomic E-state index is 0.238. The number of halogens is 1. The van der Waals surface area contributed by atoms with Crippen molar-refractivity contribution in [1.29, 1.82) is 0 Å². The van der Waals surface area contributed by atoms with Crippen LogP contribution in [0.4, 0.5) is 5.69 Å². The molecule has 17 heavy (non-hydrogen) atoms. The fourth-order valence-corrected chi connectivity index (χ4v) is 3.06. The maximum absolute atomic E-state index is 6.10. The predicted octanol–water partition coefficient (Wildman–Crippen LogP) is 4.59. The zero-order valence-electron chi connectivity index (χ0n) is 10.1. The smallest absolute Gasteiger partial charge is 0.0720 e. The van der Waals surface area contributed by atoms with Crippen molar-refractivity contribution in [3.63, 3.8) is 0 Å². The van der Waals surface area contributed by atoms with E-state index in [0.717, 1.165) is 5.69 Å². The molecule has 1 N–H and O–H groups in total. The fourth-order valence-electron chi connectivity index (χ4n) is 1.88. The quantitative estimate of drug-likeness (QED) is 0.879. The highest BCUT2D eigenvalue weighted by Crippen LogP contribution is 2.30. The summed E-state index contributed by atoms with van der Waals surface area (Å²) >= 11 is 7.92. The number of thiophene rings is 1. The van der Waals surface area contributed by atoms with E-state index < -0.39 is 0 Å². The van der Waals surface area contributed by atoms with E-state index in [1.165, 1.54) is 15.3 Å². The maximum atomic E-state index is 6.10. The zero-order valence-corrected chi connectivity index (χ0v) is 11.7. The molecule has 1 atom stereocenters. The summed E-state index contributed by atoms with van der Waals surface area (Å²) in [5, 5.41) is 4.10. The minimum atomic E-state index is 0.238. The van der Waals surface area contributed by atoms with E-state index in [1.807, 2.05) is 11.3 Å². The normalized spacial score (nSPS) is 12.5. The van der Waals surface area contributed by atoms with Crippen molar-refractivity contribution < 1.29 is 0 Å². The Morgan fingerprint density at radius 2 is 2.18 bits per heavy atom. The summed E-state index contributed by atoms with van der Waals surface area (Å²) in [6, 6.07) is 4.26. The molecule has 0 radical (unpaired) electrons. The molecule has 2 heterocycles. The van der Waals surface area contributed by atoms with Crippen LogP contribution in [-0.4, -0.2) is 4.98 Å². The van der Waals surface area contributed by atoms with Crippen LogP contribution in [-0.2, 0) is 0 Å². The minimum Gasteiger partial charge on any atom is -0.376 e. The number of nitrogens with zero attached hydrogens (tertiary/aromatic N) is 1. The molecule has 90 valence electrons. The van der Waals surface area contributed by atoms with Gasteiger partial charge in [0.1, 0.15) is 0 Å². The summed E-state index contributed by atoms with van der Waals surface area (Å²) in [6.07, 6.45) is 3.45. The van der Waals surface area contributed by atoms with Crippen molar-refractivity contribution in [3.8, 4) is 0 Å². The highest BCUT2D eigenvalue weighted by atomic mass is 35.5. The molecule has 0 amide bonds. The molecule has 0 aliphatic carbocycles. The first-order valence-corrected chi connectivity index (χ1v) is 6.70. The maximum Gasteiger partial charge on any atom is 0.0720 e. The zero-order chi connectivity index (χ0) is 12.4. The highest BCUT2D eigenvalue weighted by molar-refractivity contribution is 7.12. The average Bonchev–Trinajstić information content (AvgIpc) is 2.61. The van der Waals surface area contributed by atoms with Crippen molar-refractivity contribution in [1.82, 2.24) is 4.98 Å². The highest BCUT2D eigenvalue weighted by Gasteiger charge is 2.12. The van der Waals surface area contributed by atoms with Gasteiger partial charge in [-0.25, -0.2) is 0 Å². The number of nitrogens with one attached hydrogen (secondary N) is 1. The van der Waals surface area contributed by atoms with E-state index in [1.54, 1.807) is 18.5 Å². The molecule has 2 aromatic rings. The number of hydrogen-bond donors (Lipinski definition) is 1. The molecular weight excluding hydrogens is 252 g/mol. The number of aromatic nitrogens is 1. The van der Waals surface area contributed by atoms with E-state index >= 15 is 0 Å². The molecule has 0 bridgehead atoms. The third-order valence-corrected chi connectivity index (χ3v) is 4.00. The van der Waals surface area contributed by atoms with E-state index in [2.05, 4.69) is 37.1 Å². The van der Waals surface area contributed by atoms with Gasteiger partial charge < -0.3 is 5.32 Å². The van der Waals surface area contributed by atoms with Crippen LogP contribution in [0.25, 0.3) is 0 Å². The Hall–Kier alpha value is -1.06. The Balaban J connectivity index is 2.20. The summed E-state index contributed by atoms with van der Waals surface area (Å²) in [5.41, 5.74) is 2.21. The van der Waals surface area contributed by atoms with Crippen molar-refractivity contribution in [2.45, 2.75) is 26.8 Å². The topological polar surface area (TPSA) is 24.9 Å². The first-order valence-electron chi connectivity index (χ1n) is 5.51. The predicted molar refractivity (Wildman–Crippen MR) is 75.1 cm³/mol. The average molecular weight is 267 g/mol. The summed E-state index contributed by atoms with van der Waals surface area (Å²) in [5.74, 6) is 0. The Morgan fingerprint density at radius 1 is 1.41 bits per heavy atom. The Bertz CT molecular complexity index is 522. The molecule has 2 nitrogen and oxygen atoms in total. The lowest BCUT2D eigenvalue weighted by atomic mass is 10.1. The third kappa shape index (κ3) is 2.79. The fraction of sp³-hybridized carbons (Fsp3) is 0.308. The first kappa shape index (κ1) is 12.4. The van der Waals surface area contributed by atoms with Crippen molar-refractivity contribution in [2.75, 3.05) is 5.32 Å². The van der Waals surface area contributed by atoms with Crippen LogP contribution in [0.1, 0.15) is 28.3 Å². The van der Waals surface area contributed by atoms with Gasteiger partial charge >= 0.3 is 0 Å². The van der Waals surface area contributed by atoms with Gasteiger partial charge in [-0.2, -0.15) is 0 Å². The van der Waals surface area contributed by atoms with E-state index in [0.29, 0.717) is 5.02 Å². The molecule has 0 fully saturated rings. The second-order valence-corrected chi connectivity index (χ2v) is 5.96. The van der Waals surface area contributed by atoms with Crippen molar-refractivity contribution in [3.05, 3.63) is 44.9 Å². The standard InChI is InChI=1S/C13H15ClN2S/c1-8-6-11(10(3)17-8)9(2)16-13-7-15-5-4-12(13)14/h4-7,9,16H,1-3H3. The number of anilines is 1. The largest absolute Gasteiger partial charge is 0.376 e. The van der Waals surface area contributed by atoms with Gasteiger partial charge in [-0.1, -0.05) is 11.6 Å². The third-order valence-electron chi connectivity index (χ3n) is 2.69. The molecular formula is C13H15ClN2S.